The highest BCUT2D eigenvalue weighted by molar-refractivity contribution is 5.59. The molecular weight excluding hydrogens is 322 g/mol. The quantitative estimate of drug-likeness (QED) is 0.908. The van der Waals surface area contributed by atoms with Crippen LogP contribution in [0.1, 0.15) is 17.2 Å². The number of anilines is 1. The summed E-state index contributed by atoms with van der Waals surface area (Å²) in [6.45, 7) is 3.34. The molecule has 0 amide bonds. The number of aliphatic hydroxyl groups is 1. The predicted molar refractivity (Wildman–Crippen MR) is 94.4 cm³/mol. The fourth-order valence-corrected chi connectivity index (χ4v) is 3.71. The number of para-hydroxylation sites is 1. The number of aliphatic hydroxyl groups excluding tert-OH is 1. The van der Waals surface area contributed by atoms with Crippen LogP contribution in [0.5, 0.6) is 0 Å². The molecule has 2 aromatic rings. The Hall–Kier alpha value is -2.24. The summed E-state index contributed by atoms with van der Waals surface area (Å²) >= 11 is 0. The van der Waals surface area contributed by atoms with Gasteiger partial charge < -0.3 is 10.0 Å². The van der Waals surface area contributed by atoms with Crippen LogP contribution in [0.2, 0.25) is 0 Å². The van der Waals surface area contributed by atoms with Crippen molar-refractivity contribution in [1.82, 2.24) is 4.90 Å². The second-order valence-corrected chi connectivity index (χ2v) is 6.55. The second kappa shape index (κ2) is 6.58. The molecule has 0 spiro atoms. The number of nitrogens with zero attached hydrogens (tertiary/aromatic N) is 2. The highest BCUT2D eigenvalue weighted by atomic mass is 19.2. The molecule has 1 heterocycles. The molecule has 0 radical (unpaired) electrons. The molecule has 2 aromatic carbocycles. The summed E-state index contributed by atoms with van der Waals surface area (Å²) in [4.78, 5) is 4.52. The molecule has 1 aliphatic carbocycles. The third kappa shape index (κ3) is 3.05. The summed E-state index contributed by atoms with van der Waals surface area (Å²) in [6, 6.07) is 12.3. The van der Waals surface area contributed by atoms with Crippen molar-refractivity contribution < 1.29 is 13.9 Å². The lowest BCUT2D eigenvalue weighted by Crippen LogP contribution is -2.51. The topological polar surface area (TPSA) is 26.7 Å². The van der Waals surface area contributed by atoms with E-state index in [-0.39, 0.29) is 6.04 Å². The van der Waals surface area contributed by atoms with Crippen molar-refractivity contribution in [3.05, 3.63) is 71.3 Å². The van der Waals surface area contributed by atoms with Gasteiger partial charge in [0.05, 0.1) is 12.1 Å². The first-order valence-corrected chi connectivity index (χ1v) is 8.53. The molecule has 0 unspecified atom stereocenters. The average molecular weight is 342 g/mol. The van der Waals surface area contributed by atoms with Crippen molar-refractivity contribution in [2.75, 3.05) is 31.1 Å². The molecule has 1 N–H and O–H groups in total. The first kappa shape index (κ1) is 16.2. The Morgan fingerprint density at radius 1 is 0.920 bits per heavy atom. The first-order chi connectivity index (χ1) is 12.1. The van der Waals surface area contributed by atoms with Gasteiger partial charge in [0.15, 0.2) is 11.6 Å². The van der Waals surface area contributed by atoms with Crippen LogP contribution in [0, 0.1) is 11.6 Å². The maximum Gasteiger partial charge on any atom is 0.159 e. The third-order valence-corrected chi connectivity index (χ3v) is 5.10. The summed E-state index contributed by atoms with van der Waals surface area (Å²) in [5.41, 5.74) is 2.20. The Kier molecular flexibility index (Phi) is 4.27. The molecule has 0 bridgehead atoms. The zero-order valence-electron chi connectivity index (χ0n) is 13.8. The van der Waals surface area contributed by atoms with Crippen LogP contribution >= 0.6 is 0 Å². The number of benzene rings is 2. The molecule has 2 aliphatic rings. The first-order valence-electron chi connectivity index (χ1n) is 8.53. The van der Waals surface area contributed by atoms with Crippen LogP contribution in [0.3, 0.4) is 0 Å². The van der Waals surface area contributed by atoms with Gasteiger partial charge >= 0.3 is 0 Å². The highest BCUT2D eigenvalue weighted by Crippen LogP contribution is 2.33. The highest BCUT2D eigenvalue weighted by Gasteiger charge is 2.32. The summed E-state index contributed by atoms with van der Waals surface area (Å²) in [7, 11) is 0. The third-order valence-electron chi connectivity index (χ3n) is 5.10. The van der Waals surface area contributed by atoms with E-state index in [0.717, 1.165) is 38.3 Å². The van der Waals surface area contributed by atoms with Crippen LogP contribution in [0.4, 0.5) is 14.5 Å². The van der Waals surface area contributed by atoms with E-state index >= 15 is 0 Å². The van der Waals surface area contributed by atoms with E-state index in [4.69, 9.17) is 0 Å². The molecule has 0 aromatic heterocycles. The number of piperazine rings is 1. The second-order valence-electron chi connectivity index (χ2n) is 6.55. The lowest BCUT2D eigenvalue weighted by atomic mass is 9.90. The zero-order chi connectivity index (χ0) is 17.4. The minimum Gasteiger partial charge on any atom is -0.386 e. The maximum atomic E-state index is 13.6. The van der Waals surface area contributed by atoms with Gasteiger partial charge in [0, 0.05) is 31.9 Å². The van der Waals surface area contributed by atoms with E-state index in [1.165, 1.54) is 5.69 Å². The molecular formula is C20H20F2N2O. The standard InChI is InChI=1S/C20H20F2N2O/c21-17-12-14-6-7-19(20(25)16(14)13-18(17)22)24-10-8-23(9-11-24)15-4-2-1-3-5-15/h1-7,12-13,19-20,25H,8-11H2/t19-,20-/m1/s1. The molecule has 25 heavy (non-hydrogen) atoms. The summed E-state index contributed by atoms with van der Waals surface area (Å²) in [6.07, 6.45) is 2.82. The summed E-state index contributed by atoms with van der Waals surface area (Å²) < 4.78 is 26.9. The Labute approximate surface area is 145 Å². The van der Waals surface area contributed by atoms with Gasteiger partial charge in [-0.05, 0) is 35.4 Å². The minimum atomic E-state index is -0.916. The van der Waals surface area contributed by atoms with Crippen LogP contribution < -0.4 is 4.90 Å². The predicted octanol–water partition coefficient (Wildman–Crippen LogP) is 3.22. The SMILES string of the molecule is O[C@@H]1c2cc(F)c(F)cc2C=C[C@H]1N1CCN(c2ccccc2)CC1. The summed E-state index contributed by atoms with van der Waals surface area (Å²) in [5, 5.41) is 10.7. The van der Waals surface area contributed by atoms with E-state index in [1.54, 1.807) is 6.08 Å². The van der Waals surface area contributed by atoms with Gasteiger partial charge in [0.25, 0.3) is 0 Å². The van der Waals surface area contributed by atoms with Crippen molar-refractivity contribution >= 4 is 11.8 Å². The Morgan fingerprint density at radius 2 is 1.60 bits per heavy atom. The van der Waals surface area contributed by atoms with Crippen LogP contribution in [-0.4, -0.2) is 42.2 Å². The van der Waals surface area contributed by atoms with E-state index < -0.39 is 17.7 Å². The lowest BCUT2D eigenvalue weighted by Gasteiger charge is -2.42. The largest absolute Gasteiger partial charge is 0.386 e. The van der Waals surface area contributed by atoms with Crippen LogP contribution in [0.25, 0.3) is 6.08 Å². The van der Waals surface area contributed by atoms with Crippen LogP contribution in [0.15, 0.2) is 48.5 Å². The molecule has 1 fully saturated rings. The normalized spacial score (nSPS) is 23.6. The molecule has 2 atom stereocenters. The smallest absolute Gasteiger partial charge is 0.159 e. The number of hydrogen-bond acceptors (Lipinski definition) is 3. The molecule has 5 heteroatoms. The average Bonchev–Trinajstić information content (AvgIpc) is 2.65. The lowest BCUT2D eigenvalue weighted by molar-refractivity contribution is 0.0681. The van der Waals surface area contributed by atoms with Crippen molar-refractivity contribution in [1.29, 1.82) is 0 Å². The van der Waals surface area contributed by atoms with Gasteiger partial charge in [-0.1, -0.05) is 30.4 Å². The number of fused-ring (bicyclic) bond motifs is 1. The molecule has 1 saturated heterocycles. The Balaban J connectivity index is 1.48. The number of hydrogen-bond donors (Lipinski definition) is 1. The maximum absolute atomic E-state index is 13.6. The fraction of sp³-hybridized carbons (Fsp3) is 0.300. The van der Waals surface area contributed by atoms with Crippen molar-refractivity contribution in [3.8, 4) is 0 Å². The van der Waals surface area contributed by atoms with E-state index in [1.807, 2.05) is 24.3 Å². The van der Waals surface area contributed by atoms with Gasteiger partial charge in [0.1, 0.15) is 0 Å². The van der Waals surface area contributed by atoms with E-state index in [2.05, 4.69) is 21.9 Å². The molecule has 1 aliphatic heterocycles. The number of rotatable bonds is 2. The summed E-state index contributed by atoms with van der Waals surface area (Å²) in [5.74, 6) is -1.80. The van der Waals surface area contributed by atoms with Crippen LogP contribution in [-0.2, 0) is 0 Å². The van der Waals surface area contributed by atoms with E-state index in [9.17, 15) is 13.9 Å². The fourth-order valence-electron chi connectivity index (χ4n) is 3.71. The van der Waals surface area contributed by atoms with Crippen molar-refractivity contribution in [2.24, 2.45) is 0 Å². The van der Waals surface area contributed by atoms with Crippen molar-refractivity contribution in [2.45, 2.75) is 12.1 Å². The number of halogens is 2. The van der Waals surface area contributed by atoms with Gasteiger partial charge in [-0.15, -0.1) is 0 Å². The molecule has 4 rings (SSSR count). The van der Waals surface area contributed by atoms with E-state index in [0.29, 0.717) is 11.1 Å². The Morgan fingerprint density at radius 3 is 2.32 bits per heavy atom. The molecule has 130 valence electrons. The van der Waals surface area contributed by atoms with Gasteiger partial charge in [-0.25, -0.2) is 8.78 Å². The van der Waals surface area contributed by atoms with Gasteiger partial charge in [-0.3, -0.25) is 4.90 Å². The minimum absolute atomic E-state index is 0.213. The zero-order valence-corrected chi connectivity index (χ0v) is 13.8. The van der Waals surface area contributed by atoms with Gasteiger partial charge in [0.2, 0.25) is 0 Å². The molecule has 3 nitrogen and oxygen atoms in total. The van der Waals surface area contributed by atoms with Crippen molar-refractivity contribution in [3.63, 3.8) is 0 Å². The molecule has 0 saturated carbocycles. The van der Waals surface area contributed by atoms with Gasteiger partial charge in [-0.2, -0.15) is 0 Å². The Bertz CT molecular complexity index is 786. The monoisotopic (exact) mass is 342 g/mol.